The van der Waals surface area contributed by atoms with Crippen molar-refractivity contribution >= 4 is 6.09 Å². The molecule has 7 nitrogen and oxygen atoms in total. The molecular weight excluding hydrogens is 394 g/mol. The number of hydrogen-bond donors (Lipinski definition) is 3. The van der Waals surface area contributed by atoms with Crippen LogP contribution in [0.15, 0.2) is 60.9 Å². The second-order valence-electron chi connectivity index (χ2n) is 7.62. The molecule has 0 bridgehead atoms. The number of aliphatic hydroxyl groups excluding tert-OH is 2. The van der Waals surface area contributed by atoms with E-state index in [1.165, 1.54) is 23.5 Å². The molecule has 0 radical (unpaired) electrons. The second-order valence-corrected chi connectivity index (χ2v) is 7.62. The van der Waals surface area contributed by atoms with Crippen LogP contribution < -0.4 is 5.32 Å². The SMILES string of the molecule is Cc1ncc(C(O)C(O)CCNC(=O)OCC2c3ccccc3-c3ccccc32)cn1. The number of aryl methyl sites for hydroxylation is 1. The highest BCUT2D eigenvalue weighted by Gasteiger charge is 2.29. The van der Waals surface area contributed by atoms with Gasteiger partial charge in [0.2, 0.25) is 0 Å². The standard InChI is InChI=1S/C24H25N3O4/c1-15-26-12-16(13-27-15)23(29)22(28)10-11-25-24(30)31-14-21-19-8-4-2-6-17(19)18-7-3-5-9-20(18)21/h2-9,12-13,21-23,28-29H,10-11,14H2,1H3,(H,25,30). The van der Waals surface area contributed by atoms with E-state index in [4.69, 9.17) is 4.74 Å². The summed E-state index contributed by atoms with van der Waals surface area (Å²) in [6, 6.07) is 16.3. The highest BCUT2D eigenvalue weighted by Crippen LogP contribution is 2.44. The number of aliphatic hydroxyl groups is 2. The van der Waals surface area contributed by atoms with Crippen molar-refractivity contribution in [2.75, 3.05) is 13.2 Å². The lowest BCUT2D eigenvalue weighted by Crippen LogP contribution is -2.30. The van der Waals surface area contributed by atoms with Crippen LogP contribution >= 0.6 is 0 Å². The number of fused-ring (bicyclic) bond motifs is 3. The van der Waals surface area contributed by atoms with Gasteiger partial charge in [-0.05, 0) is 35.6 Å². The number of rotatable bonds is 7. The lowest BCUT2D eigenvalue weighted by molar-refractivity contribution is 0.0132. The molecule has 1 aliphatic rings. The van der Waals surface area contributed by atoms with Crippen LogP contribution in [0.25, 0.3) is 11.1 Å². The highest BCUT2D eigenvalue weighted by molar-refractivity contribution is 5.79. The molecule has 0 saturated carbocycles. The van der Waals surface area contributed by atoms with Gasteiger partial charge in [-0.2, -0.15) is 0 Å². The molecule has 31 heavy (non-hydrogen) atoms. The molecule has 7 heteroatoms. The molecule has 2 atom stereocenters. The molecule has 0 fully saturated rings. The summed E-state index contributed by atoms with van der Waals surface area (Å²) in [6.07, 6.45) is 0.399. The zero-order chi connectivity index (χ0) is 21.8. The molecule has 1 aromatic heterocycles. The summed E-state index contributed by atoms with van der Waals surface area (Å²) < 4.78 is 5.47. The minimum absolute atomic E-state index is 0.00731. The van der Waals surface area contributed by atoms with Gasteiger partial charge in [-0.1, -0.05) is 48.5 Å². The number of aromatic nitrogens is 2. The predicted molar refractivity (Wildman–Crippen MR) is 115 cm³/mol. The zero-order valence-corrected chi connectivity index (χ0v) is 17.2. The van der Waals surface area contributed by atoms with Gasteiger partial charge in [-0.15, -0.1) is 0 Å². The molecular formula is C24H25N3O4. The van der Waals surface area contributed by atoms with Gasteiger partial charge >= 0.3 is 6.09 Å². The molecule has 2 unspecified atom stereocenters. The van der Waals surface area contributed by atoms with E-state index in [0.29, 0.717) is 11.4 Å². The fourth-order valence-corrected chi connectivity index (χ4v) is 3.91. The van der Waals surface area contributed by atoms with Gasteiger partial charge in [0.1, 0.15) is 18.5 Å². The Morgan fingerprint density at radius 3 is 2.23 bits per heavy atom. The third-order valence-corrected chi connectivity index (χ3v) is 5.56. The first-order valence-electron chi connectivity index (χ1n) is 10.3. The van der Waals surface area contributed by atoms with Gasteiger partial charge in [0.25, 0.3) is 0 Å². The Morgan fingerprint density at radius 1 is 1.03 bits per heavy atom. The number of ether oxygens (including phenoxy) is 1. The van der Waals surface area contributed by atoms with E-state index in [2.05, 4.69) is 39.6 Å². The lowest BCUT2D eigenvalue weighted by Gasteiger charge is -2.18. The summed E-state index contributed by atoms with van der Waals surface area (Å²) in [6.45, 7) is 2.14. The Labute approximate surface area is 180 Å². The minimum Gasteiger partial charge on any atom is -0.449 e. The number of hydrogen-bond acceptors (Lipinski definition) is 6. The van der Waals surface area contributed by atoms with Crippen LogP contribution in [0.4, 0.5) is 4.79 Å². The molecule has 3 N–H and O–H groups in total. The number of amides is 1. The van der Waals surface area contributed by atoms with Crippen LogP contribution in [-0.4, -0.2) is 45.5 Å². The fourth-order valence-electron chi connectivity index (χ4n) is 3.91. The van der Waals surface area contributed by atoms with Crippen molar-refractivity contribution < 1.29 is 19.7 Å². The quantitative estimate of drug-likeness (QED) is 0.544. The molecule has 3 aromatic rings. The van der Waals surface area contributed by atoms with E-state index in [0.717, 1.165) is 11.1 Å². The van der Waals surface area contributed by atoms with Crippen molar-refractivity contribution in [3.63, 3.8) is 0 Å². The topological polar surface area (TPSA) is 105 Å². The normalized spacial score (nSPS) is 14.4. The molecule has 0 aliphatic heterocycles. The Balaban J connectivity index is 1.28. The number of carbonyl (C=O) groups is 1. The average molecular weight is 419 g/mol. The second kappa shape index (κ2) is 9.24. The van der Waals surface area contributed by atoms with Crippen molar-refractivity contribution in [3.8, 4) is 11.1 Å². The summed E-state index contributed by atoms with van der Waals surface area (Å²) in [7, 11) is 0. The Morgan fingerprint density at radius 2 is 1.61 bits per heavy atom. The van der Waals surface area contributed by atoms with Crippen LogP contribution in [0.5, 0.6) is 0 Å². The van der Waals surface area contributed by atoms with Crippen LogP contribution in [0, 0.1) is 6.92 Å². The van der Waals surface area contributed by atoms with Gasteiger partial charge < -0.3 is 20.3 Å². The van der Waals surface area contributed by atoms with Gasteiger partial charge in [0.15, 0.2) is 0 Å². The third kappa shape index (κ3) is 4.57. The average Bonchev–Trinajstić information content (AvgIpc) is 3.11. The summed E-state index contributed by atoms with van der Waals surface area (Å²) in [5.74, 6) is 0.578. The zero-order valence-electron chi connectivity index (χ0n) is 17.2. The van der Waals surface area contributed by atoms with Gasteiger partial charge in [-0.25, -0.2) is 14.8 Å². The molecule has 0 saturated heterocycles. The van der Waals surface area contributed by atoms with Crippen molar-refractivity contribution in [1.82, 2.24) is 15.3 Å². The molecule has 1 heterocycles. The van der Waals surface area contributed by atoms with Crippen molar-refractivity contribution in [3.05, 3.63) is 83.4 Å². The van der Waals surface area contributed by atoms with Gasteiger partial charge in [0, 0.05) is 30.4 Å². The predicted octanol–water partition coefficient (Wildman–Crippen LogP) is 3.11. The monoisotopic (exact) mass is 419 g/mol. The van der Waals surface area contributed by atoms with Crippen LogP contribution in [0.3, 0.4) is 0 Å². The number of alkyl carbamates (subject to hydrolysis) is 1. The van der Waals surface area contributed by atoms with Gasteiger partial charge in [0.05, 0.1) is 6.10 Å². The first-order chi connectivity index (χ1) is 15.0. The van der Waals surface area contributed by atoms with Crippen LogP contribution in [-0.2, 0) is 4.74 Å². The smallest absolute Gasteiger partial charge is 0.407 e. The van der Waals surface area contributed by atoms with Crippen molar-refractivity contribution in [2.24, 2.45) is 0 Å². The van der Waals surface area contributed by atoms with E-state index in [1.807, 2.05) is 24.3 Å². The van der Waals surface area contributed by atoms with E-state index in [-0.39, 0.29) is 25.5 Å². The first kappa shape index (κ1) is 21.0. The molecule has 2 aromatic carbocycles. The maximum absolute atomic E-state index is 12.2. The number of nitrogens with zero attached hydrogens (tertiary/aromatic N) is 2. The fraction of sp³-hybridized carbons (Fsp3) is 0.292. The van der Waals surface area contributed by atoms with E-state index >= 15 is 0 Å². The lowest BCUT2D eigenvalue weighted by atomic mass is 9.98. The summed E-state index contributed by atoms with van der Waals surface area (Å²) in [5.41, 5.74) is 5.07. The molecule has 1 aliphatic carbocycles. The Bertz CT molecular complexity index is 1010. The summed E-state index contributed by atoms with van der Waals surface area (Å²) in [5, 5.41) is 23.0. The maximum atomic E-state index is 12.2. The van der Waals surface area contributed by atoms with E-state index in [9.17, 15) is 15.0 Å². The third-order valence-electron chi connectivity index (χ3n) is 5.56. The number of benzene rings is 2. The van der Waals surface area contributed by atoms with Crippen molar-refractivity contribution in [1.29, 1.82) is 0 Å². The first-order valence-corrected chi connectivity index (χ1v) is 10.3. The molecule has 1 amide bonds. The molecule has 4 rings (SSSR count). The highest BCUT2D eigenvalue weighted by atomic mass is 16.5. The minimum atomic E-state index is -1.12. The molecule has 160 valence electrons. The van der Waals surface area contributed by atoms with Gasteiger partial charge in [-0.3, -0.25) is 0 Å². The number of carbonyl (C=O) groups excluding carboxylic acids is 1. The van der Waals surface area contributed by atoms with E-state index < -0.39 is 18.3 Å². The maximum Gasteiger partial charge on any atom is 0.407 e. The van der Waals surface area contributed by atoms with Crippen LogP contribution in [0.2, 0.25) is 0 Å². The summed E-state index contributed by atoms with van der Waals surface area (Å²) in [4.78, 5) is 20.2. The Kier molecular flexibility index (Phi) is 6.25. The van der Waals surface area contributed by atoms with Crippen molar-refractivity contribution in [2.45, 2.75) is 31.5 Å². The van der Waals surface area contributed by atoms with E-state index in [1.54, 1.807) is 6.92 Å². The summed E-state index contributed by atoms with van der Waals surface area (Å²) >= 11 is 0. The largest absolute Gasteiger partial charge is 0.449 e. The molecule has 0 spiro atoms. The van der Waals surface area contributed by atoms with Crippen LogP contribution in [0.1, 0.15) is 41.0 Å². The number of nitrogens with one attached hydrogen (secondary N) is 1. The Hall–Kier alpha value is -3.29.